The molecular formula is C20H19Cl3N2O5. The number of carbonyl (C=O) groups is 3. The number of hydrogen-bond acceptors (Lipinski definition) is 4. The minimum Gasteiger partial charge on any atom is -0.480 e. The van der Waals surface area contributed by atoms with Gasteiger partial charge in [-0.05, 0) is 35.4 Å². The van der Waals surface area contributed by atoms with Gasteiger partial charge in [0.15, 0.2) is 6.04 Å². The Morgan fingerprint density at radius 1 is 1.27 bits per heavy atom. The van der Waals surface area contributed by atoms with E-state index in [-0.39, 0.29) is 34.8 Å². The first kappa shape index (κ1) is 24.0. The van der Waals surface area contributed by atoms with Crippen molar-refractivity contribution in [3.05, 3.63) is 68.7 Å². The molecule has 10 heteroatoms. The van der Waals surface area contributed by atoms with Crippen molar-refractivity contribution < 1.29 is 24.6 Å². The van der Waals surface area contributed by atoms with Gasteiger partial charge in [-0.25, -0.2) is 4.79 Å². The van der Waals surface area contributed by atoms with Crippen molar-refractivity contribution in [2.75, 3.05) is 20.2 Å². The molecule has 2 aromatic rings. The van der Waals surface area contributed by atoms with Crippen molar-refractivity contribution in [1.29, 1.82) is 0 Å². The smallest absolute Gasteiger partial charge is 0.328 e. The Morgan fingerprint density at radius 3 is 2.60 bits per heavy atom. The fourth-order valence-corrected chi connectivity index (χ4v) is 3.94. The van der Waals surface area contributed by atoms with Crippen molar-refractivity contribution in [3.8, 4) is 0 Å². The fraction of sp³-hybridized carbons (Fsp3) is 0.250. The molecular weight excluding hydrogens is 455 g/mol. The van der Waals surface area contributed by atoms with E-state index in [0.717, 1.165) is 5.56 Å². The lowest BCUT2D eigenvalue weighted by Gasteiger charge is -2.33. The van der Waals surface area contributed by atoms with Gasteiger partial charge in [-0.3, -0.25) is 9.59 Å². The summed E-state index contributed by atoms with van der Waals surface area (Å²) in [6.45, 7) is -0.358. The molecule has 1 aliphatic rings. The van der Waals surface area contributed by atoms with Gasteiger partial charge in [0.2, 0.25) is 0 Å². The van der Waals surface area contributed by atoms with Gasteiger partial charge in [-0.1, -0.05) is 35.3 Å². The Balaban J connectivity index is 0.00000320. The number of rotatable bonds is 5. The number of aliphatic hydroxyl groups is 1. The van der Waals surface area contributed by atoms with Crippen LogP contribution in [0.2, 0.25) is 10.0 Å². The van der Waals surface area contributed by atoms with Gasteiger partial charge in [0.25, 0.3) is 11.8 Å². The third kappa shape index (κ3) is 4.70. The van der Waals surface area contributed by atoms with E-state index in [4.69, 9.17) is 33.4 Å². The number of likely N-dealkylation sites (N-methyl/N-ethyl adjacent to an activating group) is 1. The molecule has 0 saturated heterocycles. The molecule has 1 heterocycles. The largest absolute Gasteiger partial charge is 0.480 e. The average molecular weight is 474 g/mol. The number of fused-ring (bicyclic) bond motifs is 1. The molecule has 1 unspecified atom stereocenters. The normalized spacial score (nSPS) is 16.3. The summed E-state index contributed by atoms with van der Waals surface area (Å²) >= 11 is 12.4. The van der Waals surface area contributed by atoms with Gasteiger partial charge in [0, 0.05) is 30.1 Å². The Bertz CT molecular complexity index is 998. The predicted octanol–water partition coefficient (Wildman–Crippen LogP) is 2.81. The predicted molar refractivity (Wildman–Crippen MR) is 115 cm³/mol. The van der Waals surface area contributed by atoms with Crippen LogP contribution in [0.4, 0.5) is 0 Å². The molecule has 2 atom stereocenters. The molecule has 2 amide bonds. The molecule has 2 aromatic carbocycles. The summed E-state index contributed by atoms with van der Waals surface area (Å²) in [5.41, 5.74) is 2.02. The molecule has 30 heavy (non-hydrogen) atoms. The molecule has 7 nitrogen and oxygen atoms in total. The Labute approximate surface area is 189 Å². The molecule has 1 aliphatic heterocycles. The zero-order valence-corrected chi connectivity index (χ0v) is 18.1. The number of halogens is 3. The number of hydrogen-bond donors (Lipinski definition) is 3. The summed E-state index contributed by atoms with van der Waals surface area (Å²) in [5, 5.41) is 21.0. The number of amides is 2. The Kier molecular flexibility index (Phi) is 7.71. The quantitative estimate of drug-likeness (QED) is 0.619. The lowest BCUT2D eigenvalue weighted by Crippen LogP contribution is -2.43. The molecule has 3 N–H and O–H groups in total. The first-order valence-electron chi connectivity index (χ1n) is 8.71. The molecule has 0 aliphatic carbocycles. The van der Waals surface area contributed by atoms with Crippen LogP contribution in [0.5, 0.6) is 0 Å². The first-order valence-corrected chi connectivity index (χ1v) is 9.47. The lowest BCUT2D eigenvalue weighted by molar-refractivity contribution is -0.140. The van der Waals surface area contributed by atoms with Crippen LogP contribution < -0.4 is 5.32 Å². The van der Waals surface area contributed by atoms with Crippen molar-refractivity contribution in [1.82, 2.24) is 10.2 Å². The van der Waals surface area contributed by atoms with Crippen LogP contribution in [0.3, 0.4) is 0 Å². The lowest BCUT2D eigenvalue weighted by atomic mass is 9.84. The summed E-state index contributed by atoms with van der Waals surface area (Å²) in [5.74, 6) is -2.44. The SMILES string of the molecule is CN1CC(c2cccc(C(=O)N[C@@H](CO)C(=O)O)c2)c2cc(Cl)cc(Cl)c2C1=O.Cl. The van der Waals surface area contributed by atoms with Crippen LogP contribution in [0.1, 0.15) is 37.8 Å². The second kappa shape index (κ2) is 9.66. The molecule has 160 valence electrons. The highest BCUT2D eigenvalue weighted by molar-refractivity contribution is 6.37. The van der Waals surface area contributed by atoms with Gasteiger partial charge < -0.3 is 20.4 Å². The number of nitrogens with zero attached hydrogens (tertiary/aromatic N) is 1. The third-order valence-corrected chi connectivity index (χ3v) is 5.33. The van der Waals surface area contributed by atoms with Crippen LogP contribution in [0, 0.1) is 0 Å². The molecule has 0 spiro atoms. The van der Waals surface area contributed by atoms with Gasteiger partial charge in [0.05, 0.1) is 17.2 Å². The van der Waals surface area contributed by atoms with E-state index >= 15 is 0 Å². The number of carboxylic acid groups (broad SMARTS) is 1. The van der Waals surface area contributed by atoms with Crippen LogP contribution in [0.25, 0.3) is 0 Å². The monoisotopic (exact) mass is 472 g/mol. The van der Waals surface area contributed by atoms with Gasteiger partial charge in [0.1, 0.15) is 0 Å². The standard InChI is InChI=1S/C20H18Cl2N2O5.ClH/c1-24-8-14(13-6-12(21)7-15(22)17(13)19(24)27)10-3-2-4-11(5-10)18(26)23-16(9-25)20(28)29;/h2-7,14,16,25H,8-9H2,1H3,(H,23,26)(H,28,29);1H/t14?,16-;/m0./s1. The highest BCUT2D eigenvalue weighted by Gasteiger charge is 2.33. The summed E-state index contributed by atoms with van der Waals surface area (Å²) < 4.78 is 0. The van der Waals surface area contributed by atoms with Crippen molar-refractivity contribution in [2.45, 2.75) is 12.0 Å². The summed E-state index contributed by atoms with van der Waals surface area (Å²) in [6.07, 6.45) is 0. The third-order valence-electron chi connectivity index (χ3n) is 4.82. The number of carboxylic acids is 1. The van der Waals surface area contributed by atoms with E-state index < -0.39 is 24.5 Å². The van der Waals surface area contributed by atoms with Gasteiger partial charge >= 0.3 is 5.97 Å². The van der Waals surface area contributed by atoms with Crippen molar-refractivity contribution in [2.24, 2.45) is 0 Å². The maximum Gasteiger partial charge on any atom is 0.328 e. The van der Waals surface area contributed by atoms with Gasteiger partial charge in [-0.15, -0.1) is 12.4 Å². The number of aliphatic hydroxyl groups excluding tert-OH is 1. The van der Waals surface area contributed by atoms with E-state index in [1.54, 1.807) is 36.2 Å². The highest BCUT2D eigenvalue weighted by atomic mass is 35.5. The maximum absolute atomic E-state index is 12.6. The highest BCUT2D eigenvalue weighted by Crippen LogP contribution is 2.38. The number of benzene rings is 2. The second-order valence-electron chi connectivity index (χ2n) is 6.76. The fourth-order valence-electron chi connectivity index (χ4n) is 3.35. The van der Waals surface area contributed by atoms with Crippen LogP contribution >= 0.6 is 35.6 Å². The van der Waals surface area contributed by atoms with Crippen molar-refractivity contribution >= 4 is 53.4 Å². The average Bonchev–Trinajstić information content (AvgIpc) is 2.68. The molecule has 0 bridgehead atoms. The Hall–Kier alpha value is -2.32. The first-order chi connectivity index (χ1) is 13.7. The maximum atomic E-state index is 12.6. The van der Waals surface area contributed by atoms with Crippen LogP contribution in [-0.4, -0.2) is 59.1 Å². The summed E-state index contributed by atoms with van der Waals surface area (Å²) in [4.78, 5) is 37.6. The summed E-state index contributed by atoms with van der Waals surface area (Å²) in [7, 11) is 1.67. The number of aliphatic carboxylic acids is 1. The minimum absolute atomic E-state index is 0. The van der Waals surface area contributed by atoms with Gasteiger partial charge in [-0.2, -0.15) is 0 Å². The van der Waals surface area contributed by atoms with E-state index in [9.17, 15) is 14.4 Å². The zero-order valence-electron chi connectivity index (χ0n) is 15.8. The van der Waals surface area contributed by atoms with E-state index in [1.165, 1.54) is 6.07 Å². The minimum atomic E-state index is -1.40. The molecule has 0 radical (unpaired) electrons. The molecule has 0 saturated carbocycles. The van der Waals surface area contributed by atoms with E-state index in [1.807, 2.05) is 6.07 Å². The van der Waals surface area contributed by atoms with Crippen LogP contribution in [-0.2, 0) is 4.79 Å². The molecule has 0 aromatic heterocycles. The Morgan fingerprint density at radius 2 is 1.97 bits per heavy atom. The van der Waals surface area contributed by atoms with Crippen LogP contribution in [0.15, 0.2) is 36.4 Å². The van der Waals surface area contributed by atoms with E-state index in [2.05, 4.69) is 5.32 Å². The topological polar surface area (TPSA) is 107 Å². The zero-order chi connectivity index (χ0) is 21.3. The number of nitrogens with one attached hydrogen (secondary N) is 1. The van der Waals surface area contributed by atoms with Crippen molar-refractivity contribution in [3.63, 3.8) is 0 Å². The molecule has 3 rings (SSSR count). The van der Waals surface area contributed by atoms with E-state index in [0.29, 0.717) is 22.7 Å². The number of carbonyl (C=O) groups excluding carboxylic acids is 2. The molecule has 0 fully saturated rings. The second-order valence-corrected chi connectivity index (χ2v) is 7.61. The summed E-state index contributed by atoms with van der Waals surface area (Å²) in [6, 6.07) is 8.45.